The van der Waals surface area contributed by atoms with Crippen molar-refractivity contribution in [2.24, 2.45) is 5.84 Å². The Hall–Kier alpha value is -1.70. The van der Waals surface area contributed by atoms with E-state index in [9.17, 15) is 0 Å². The number of hydrazine groups is 1. The molecule has 4 heteroatoms. The summed E-state index contributed by atoms with van der Waals surface area (Å²) in [5, 5.41) is 0. The zero-order valence-electron chi connectivity index (χ0n) is 10.9. The standard InChI is InChI=1S/C14H20N2O2/c1-4-5-6-12(16-15)9-11-7-8-13(17-2)14(10-11)18-3/h1,7-8,10,12,16H,5-6,9,15H2,2-3H3. The second-order valence-corrected chi connectivity index (χ2v) is 4.00. The van der Waals surface area contributed by atoms with Gasteiger partial charge in [0.2, 0.25) is 0 Å². The minimum absolute atomic E-state index is 0.166. The second-order valence-electron chi connectivity index (χ2n) is 4.00. The second kappa shape index (κ2) is 7.59. The zero-order valence-corrected chi connectivity index (χ0v) is 10.9. The zero-order chi connectivity index (χ0) is 13.4. The molecule has 0 saturated heterocycles. The number of methoxy groups -OCH3 is 2. The number of benzene rings is 1. The molecular formula is C14H20N2O2. The maximum atomic E-state index is 5.51. The van der Waals surface area contributed by atoms with Gasteiger partial charge in [-0.25, -0.2) is 0 Å². The van der Waals surface area contributed by atoms with Crippen molar-refractivity contribution in [3.8, 4) is 23.8 Å². The van der Waals surface area contributed by atoms with Gasteiger partial charge >= 0.3 is 0 Å². The Kier molecular flexibility index (Phi) is 6.06. The molecule has 0 amide bonds. The van der Waals surface area contributed by atoms with E-state index < -0.39 is 0 Å². The van der Waals surface area contributed by atoms with Crippen LogP contribution in [0.1, 0.15) is 18.4 Å². The summed E-state index contributed by atoms with van der Waals surface area (Å²) < 4.78 is 10.5. The monoisotopic (exact) mass is 248 g/mol. The van der Waals surface area contributed by atoms with E-state index >= 15 is 0 Å². The molecule has 1 aromatic carbocycles. The predicted octanol–water partition coefficient (Wildman–Crippen LogP) is 1.49. The first-order valence-corrected chi connectivity index (χ1v) is 5.85. The van der Waals surface area contributed by atoms with Crippen LogP contribution >= 0.6 is 0 Å². The van der Waals surface area contributed by atoms with Gasteiger partial charge in [0, 0.05) is 12.5 Å². The van der Waals surface area contributed by atoms with Crippen LogP contribution < -0.4 is 20.7 Å². The van der Waals surface area contributed by atoms with Gasteiger partial charge in [0.05, 0.1) is 14.2 Å². The first-order valence-electron chi connectivity index (χ1n) is 5.85. The molecule has 0 heterocycles. The quantitative estimate of drug-likeness (QED) is 0.436. The molecule has 0 bridgehead atoms. The average Bonchev–Trinajstić information content (AvgIpc) is 2.43. The molecule has 4 nitrogen and oxygen atoms in total. The lowest BCUT2D eigenvalue weighted by Crippen LogP contribution is -2.36. The number of rotatable bonds is 7. The molecule has 1 aromatic rings. The third kappa shape index (κ3) is 3.95. The predicted molar refractivity (Wildman–Crippen MR) is 72.4 cm³/mol. The highest BCUT2D eigenvalue weighted by atomic mass is 16.5. The fourth-order valence-electron chi connectivity index (χ4n) is 1.79. The molecule has 0 radical (unpaired) electrons. The number of nitrogens with one attached hydrogen (secondary N) is 1. The largest absolute Gasteiger partial charge is 0.493 e. The third-order valence-corrected chi connectivity index (χ3v) is 2.80. The highest BCUT2D eigenvalue weighted by Gasteiger charge is 2.10. The molecule has 0 saturated carbocycles. The van der Waals surface area contributed by atoms with Crippen LogP contribution in [0.4, 0.5) is 0 Å². The molecule has 0 aliphatic carbocycles. The Morgan fingerprint density at radius 3 is 2.61 bits per heavy atom. The molecule has 0 aliphatic rings. The Morgan fingerprint density at radius 1 is 1.33 bits per heavy atom. The van der Waals surface area contributed by atoms with Crippen molar-refractivity contribution in [2.45, 2.75) is 25.3 Å². The van der Waals surface area contributed by atoms with Crippen molar-refractivity contribution in [2.75, 3.05) is 14.2 Å². The van der Waals surface area contributed by atoms with Crippen molar-refractivity contribution < 1.29 is 9.47 Å². The van der Waals surface area contributed by atoms with Crippen molar-refractivity contribution in [1.82, 2.24) is 5.43 Å². The summed E-state index contributed by atoms with van der Waals surface area (Å²) >= 11 is 0. The molecule has 18 heavy (non-hydrogen) atoms. The Labute approximate surface area is 108 Å². The molecule has 1 rings (SSSR count). The summed E-state index contributed by atoms with van der Waals surface area (Å²) in [4.78, 5) is 0. The maximum absolute atomic E-state index is 5.51. The minimum Gasteiger partial charge on any atom is -0.493 e. The molecule has 3 N–H and O–H groups in total. The van der Waals surface area contributed by atoms with Crippen molar-refractivity contribution in [3.05, 3.63) is 23.8 Å². The summed E-state index contributed by atoms with van der Waals surface area (Å²) in [7, 11) is 3.24. The van der Waals surface area contributed by atoms with Gasteiger partial charge < -0.3 is 9.47 Å². The number of ether oxygens (including phenoxy) is 2. The Morgan fingerprint density at radius 2 is 2.06 bits per heavy atom. The van der Waals surface area contributed by atoms with Crippen LogP contribution in [0.15, 0.2) is 18.2 Å². The first-order chi connectivity index (χ1) is 8.74. The number of hydrogen-bond donors (Lipinski definition) is 2. The van der Waals surface area contributed by atoms with E-state index in [2.05, 4.69) is 11.3 Å². The first kappa shape index (κ1) is 14.4. The highest BCUT2D eigenvalue weighted by Crippen LogP contribution is 2.28. The van der Waals surface area contributed by atoms with Crippen LogP contribution in [-0.2, 0) is 6.42 Å². The van der Waals surface area contributed by atoms with E-state index in [1.54, 1.807) is 14.2 Å². The molecule has 1 atom stereocenters. The third-order valence-electron chi connectivity index (χ3n) is 2.80. The summed E-state index contributed by atoms with van der Waals surface area (Å²) in [5.74, 6) is 9.58. The number of nitrogens with two attached hydrogens (primary N) is 1. The lowest BCUT2D eigenvalue weighted by molar-refractivity contribution is 0.354. The van der Waals surface area contributed by atoms with Crippen molar-refractivity contribution in [3.63, 3.8) is 0 Å². The molecule has 0 aliphatic heterocycles. The van der Waals surface area contributed by atoms with Gasteiger partial charge in [-0.3, -0.25) is 11.3 Å². The number of terminal acetylenes is 1. The molecule has 1 unspecified atom stereocenters. The summed E-state index contributed by atoms with van der Waals surface area (Å²) in [5.41, 5.74) is 3.92. The van der Waals surface area contributed by atoms with Crippen molar-refractivity contribution >= 4 is 0 Å². The van der Waals surface area contributed by atoms with E-state index in [-0.39, 0.29) is 6.04 Å². The molecule has 0 fully saturated rings. The topological polar surface area (TPSA) is 56.5 Å². The fraction of sp³-hybridized carbons (Fsp3) is 0.429. The van der Waals surface area contributed by atoms with Gasteiger partial charge in [0.15, 0.2) is 11.5 Å². The van der Waals surface area contributed by atoms with E-state index in [0.29, 0.717) is 6.42 Å². The Bertz CT molecular complexity index is 413. The van der Waals surface area contributed by atoms with Crippen LogP contribution in [0.5, 0.6) is 11.5 Å². The Balaban J connectivity index is 2.74. The smallest absolute Gasteiger partial charge is 0.160 e. The lowest BCUT2D eigenvalue weighted by atomic mass is 10.0. The normalized spacial score (nSPS) is 11.7. The van der Waals surface area contributed by atoms with E-state index in [4.69, 9.17) is 21.7 Å². The molecule has 98 valence electrons. The van der Waals surface area contributed by atoms with Crippen molar-refractivity contribution in [1.29, 1.82) is 0 Å². The SMILES string of the molecule is C#CCCC(Cc1ccc(OC)c(OC)c1)NN. The van der Waals surface area contributed by atoms with Crippen LogP contribution in [0, 0.1) is 12.3 Å². The van der Waals surface area contributed by atoms with Crippen LogP contribution in [-0.4, -0.2) is 20.3 Å². The van der Waals surface area contributed by atoms with E-state index in [1.165, 1.54) is 0 Å². The summed E-state index contributed by atoms with van der Waals surface area (Å²) in [6.07, 6.45) is 7.62. The van der Waals surface area contributed by atoms with Gasteiger partial charge in [-0.15, -0.1) is 12.3 Å². The summed E-state index contributed by atoms with van der Waals surface area (Å²) in [6, 6.07) is 6.02. The van der Waals surface area contributed by atoms with Crippen LogP contribution in [0.25, 0.3) is 0 Å². The van der Waals surface area contributed by atoms with Gasteiger partial charge in [0.25, 0.3) is 0 Å². The van der Waals surface area contributed by atoms with Gasteiger partial charge in [0.1, 0.15) is 0 Å². The van der Waals surface area contributed by atoms with Gasteiger partial charge in [-0.05, 0) is 30.5 Å². The summed E-state index contributed by atoms with van der Waals surface area (Å²) in [6.45, 7) is 0. The highest BCUT2D eigenvalue weighted by molar-refractivity contribution is 5.43. The van der Waals surface area contributed by atoms with Gasteiger partial charge in [-0.1, -0.05) is 6.07 Å². The van der Waals surface area contributed by atoms with Crippen LogP contribution in [0.3, 0.4) is 0 Å². The minimum atomic E-state index is 0.166. The van der Waals surface area contributed by atoms with Crippen LogP contribution in [0.2, 0.25) is 0 Å². The maximum Gasteiger partial charge on any atom is 0.160 e. The van der Waals surface area contributed by atoms with E-state index in [0.717, 1.165) is 29.9 Å². The fourth-order valence-corrected chi connectivity index (χ4v) is 1.79. The van der Waals surface area contributed by atoms with Gasteiger partial charge in [-0.2, -0.15) is 0 Å². The number of hydrogen-bond acceptors (Lipinski definition) is 4. The van der Waals surface area contributed by atoms with E-state index in [1.807, 2.05) is 18.2 Å². The molecule has 0 aromatic heterocycles. The average molecular weight is 248 g/mol. The lowest BCUT2D eigenvalue weighted by Gasteiger charge is -2.16. The molecular weight excluding hydrogens is 228 g/mol. The molecule has 0 spiro atoms.